The molecule has 0 aliphatic heterocycles. The van der Waals surface area contributed by atoms with Crippen LogP contribution in [0.2, 0.25) is 0 Å². The van der Waals surface area contributed by atoms with Crippen molar-refractivity contribution in [3.05, 3.63) is 29.6 Å². The molecule has 0 spiro atoms. The third-order valence-corrected chi connectivity index (χ3v) is 1.88. The van der Waals surface area contributed by atoms with Gasteiger partial charge in [0.05, 0.1) is 13.2 Å². The van der Waals surface area contributed by atoms with Crippen molar-refractivity contribution >= 4 is 5.97 Å². The second kappa shape index (κ2) is 6.14. The monoisotopic (exact) mass is 208 g/mol. The zero-order valence-corrected chi connectivity index (χ0v) is 9.12. The van der Waals surface area contributed by atoms with Gasteiger partial charge in [0, 0.05) is 18.4 Å². The maximum atomic E-state index is 11.0. The van der Waals surface area contributed by atoms with Crippen LogP contribution < -0.4 is 5.32 Å². The molecular weight excluding hydrogens is 192 g/mol. The lowest BCUT2D eigenvalue weighted by Gasteiger charge is -2.04. The van der Waals surface area contributed by atoms with Crippen molar-refractivity contribution < 1.29 is 9.53 Å². The molecule has 0 fully saturated rings. The Morgan fingerprint density at radius 1 is 1.53 bits per heavy atom. The van der Waals surface area contributed by atoms with Crippen molar-refractivity contribution in [3.8, 4) is 0 Å². The van der Waals surface area contributed by atoms with E-state index in [2.05, 4.69) is 10.3 Å². The summed E-state index contributed by atoms with van der Waals surface area (Å²) in [5.74, 6) is -0.224. The number of aryl methyl sites for hydroxylation is 1. The van der Waals surface area contributed by atoms with E-state index in [1.807, 2.05) is 19.1 Å². The van der Waals surface area contributed by atoms with E-state index < -0.39 is 0 Å². The van der Waals surface area contributed by atoms with Gasteiger partial charge in [0.25, 0.3) is 0 Å². The number of esters is 1. The lowest BCUT2D eigenvalue weighted by atomic mass is 10.2. The molecular formula is C11H16N2O2. The van der Waals surface area contributed by atoms with Crippen LogP contribution in [0.5, 0.6) is 0 Å². The molecule has 1 rings (SSSR count). The van der Waals surface area contributed by atoms with Crippen molar-refractivity contribution in [2.24, 2.45) is 0 Å². The van der Waals surface area contributed by atoms with E-state index in [9.17, 15) is 4.79 Å². The van der Waals surface area contributed by atoms with E-state index in [1.54, 1.807) is 13.1 Å². The summed E-state index contributed by atoms with van der Waals surface area (Å²) < 4.78 is 4.78. The van der Waals surface area contributed by atoms with Gasteiger partial charge in [0.15, 0.2) is 0 Å². The minimum atomic E-state index is -0.224. The molecule has 0 radical (unpaired) electrons. The number of ether oxygens (including phenoxy) is 1. The molecule has 0 saturated carbocycles. The lowest BCUT2D eigenvalue weighted by molar-refractivity contribution is -0.142. The van der Waals surface area contributed by atoms with Gasteiger partial charge in [0.2, 0.25) is 0 Å². The van der Waals surface area contributed by atoms with E-state index in [0.717, 1.165) is 11.3 Å². The molecule has 1 N–H and O–H groups in total. The van der Waals surface area contributed by atoms with E-state index in [1.165, 1.54) is 0 Å². The number of pyridine rings is 1. The van der Waals surface area contributed by atoms with Crippen molar-refractivity contribution in [3.63, 3.8) is 0 Å². The van der Waals surface area contributed by atoms with E-state index in [0.29, 0.717) is 13.2 Å². The highest BCUT2D eigenvalue weighted by atomic mass is 16.5. The van der Waals surface area contributed by atoms with Crippen molar-refractivity contribution in [1.82, 2.24) is 10.3 Å². The number of carbonyl (C=O) groups is 1. The number of nitrogens with one attached hydrogen (secondary N) is 1. The molecule has 0 bridgehead atoms. The van der Waals surface area contributed by atoms with Crippen LogP contribution >= 0.6 is 0 Å². The summed E-state index contributed by atoms with van der Waals surface area (Å²) in [5.41, 5.74) is 2.05. The van der Waals surface area contributed by atoms with Crippen molar-refractivity contribution in [2.45, 2.75) is 20.4 Å². The second-order valence-corrected chi connectivity index (χ2v) is 3.22. The number of carbonyl (C=O) groups excluding carboxylic acids is 1. The van der Waals surface area contributed by atoms with Crippen molar-refractivity contribution in [1.29, 1.82) is 0 Å². The zero-order valence-electron chi connectivity index (χ0n) is 9.12. The summed E-state index contributed by atoms with van der Waals surface area (Å²) in [6, 6.07) is 3.93. The molecule has 0 saturated heterocycles. The maximum Gasteiger partial charge on any atom is 0.319 e. The fraction of sp³-hybridized carbons (Fsp3) is 0.455. The number of hydrogen-bond acceptors (Lipinski definition) is 4. The van der Waals surface area contributed by atoms with Crippen molar-refractivity contribution in [2.75, 3.05) is 13.2 Å². The average Bonchev–Trinajstić information content (AvgIpc) is 2.21. The van der Waals surface area contributed by atoms with Gasteiger partial charge in [-0.05, 0) is 25.5 Å². The van der Waals surface area contributed by atoms with E-state index >= 15 is 0 Å². The molecule has 1 heterocycles. The Morgan fingerprint density at radius 2 is 2.33 bits per heavy atom. The minimum absolute atomic E-state index is 0.224. The van der Waals surface area contributed by atoms with Gasteiger partial charge in [-0.2, -0.15) is 0 Å². The van der Waals surface area contributed by atoms with Gasteiger partial charge in [-0.15, -0.1) is 0 Å². The van der Waals surface area contributed by atoms with Gasteiger partial charge < -0.3 is 10.1 Å². The second-order valence-electron chi connectivity index (χ2n) is 3.22. The molecule has 0 amide bonds. The Labute approximate surface area is 89.7 Å². The highest BCUT2D eigenvalue weighted by molar-refractivity contribution is 5.71. The predicted octanol–water partition coefficient (Wildman–Crippen LogP) is 1.04. The molecule has 15 heavy (non-hydrogen) atoms. The summed E-state index contributed by atoms with van der Waals surface area (Å²) in [7, 11) is 0. The maximum absolute atomic E-state index is 11.0. The Hall–Kier alpha value is -1.42. The predicted molar refractivity (Wildman–Crippen MR) is 57.3 cm³/mol. The standard InChI is InChI=1S/C11H16N2O2/c1-3-15-11(14)8-12-6-10-5-4-9(2)13-7-10/h4-5,7,12H,3,6,8H2,1-2H3. The minimum Gasteiger partial charge on any atom is -0.465 e. The zero-order chi connectivity index (χ0) is 11.1. The average molecular weight is 208 g/mol. The SMILES string of the molecule is CCOC(=O)CNCc1ccc(C)nc1. The summed E-state index contributed by atoms with van der Waals surface area (Å²) in [4.78, 5) is 15.1. The fourth-order valence-corrected chi connectivity index (χ4v) is 1.12. The van der Waals surface area contributed by atoms with Crippen LogP contribution in [0.15, 0.2) is 18.3 Å². The van der Waals surface area contributed by atoms with Gasteiger partial charge in [0.1, 0.15) is 0 Å². The Bertz CT molecular complexity index is 309. The molecule has 82 valence electrons. The first-order valence-electron chi connectivity index (χ1n) is 5.00. The normalized spacial score (nSPS) is 10.0. The fourth-order valence-electron chi connectivity index (χ4n) is 1.12. The smallest absolute Gasteiger partial charge is 0.319 e. The third kappa shape index (κ3) is 4.56. The van der Waals surface area contributed by atoms with Gasteiger partial charge in [-0.3, -0.25) is 9.78 Å². The summed E-state index contributed by atoms with van der Waals surface area (Å²) >= 11 is 0. The number of hydrogen-bond donors (Lipinski definition) is 1. The highest BCUT2D eigenvalue weighted by Gasteiger charge is 2.00. The molecule has 1 aromatic rings. The molecule has 0 unspecified atom stereocenters. The Balaban J connectivity index is 2.26. The van der Waals surface area contributed by atoms with Crippen LogP contribution in [0.4, 0.5) is 0 Å². The first kappa shape index (κ1) is 11.7. The lowest BCUT2D eigenvalue weighted by Crippen LogP contribution is -2.24. The number of nitrogens with zero attached hydrogens (tertiary/aromatic N) is 1. The van der Waals surface area contributed by atoms with Crippen LogP contribution in [-0.4, -0.2) is 24.1 Å². The number of rotatable bonds is 5. The molecule has 0 atom stereocenters. The van der Waals surface area contributed by atoms with Crippen LogP contribution in [0.1, 0.15) is 18.2 Å². The van der Waals surface area contributed by atoms with Gasteiger partial charge in [-0.25, -0.2) is 0 Å². The third-order valence-electron chi connectivity index (χ3n) is 1.88. The first-order chi connectivity index (χ1) is 7.22. The molecule has 1 aromatic heterocycles. The summed E-state index contributed by atoms with van der Waals surface area (Å²) in [5, 5.41) is 2.99. The molecule has 0 aromatic carbocycles. The van der Waals surface area contributed by atoms with E-state index in [-0.39, 0.29) is 12.5 Å². The van der Waals surface area contributed by atoms with Crippen LogP contribution in [-0.2, 0) is 16.1 Å². The Kier molecular flexibility index (Phi) is 4.77. The first-order valence-corrected chi connectivity index (χ1v) is 5.00. The molecule has 4 nitrogen and oxygen atoms in total. The van der Waals surface area contributed by atoms with E-state index in [4.69, 9.17) is 4.74 Å². The largest absolute Gasteiger partial charge is 0.465 e. The quantitative estimate of drug-likeness (QED) is 0.735. The highest BCUT2D eigenvalue weighted by Crippen LogP contribution is 1.98. The van der Waals surface area contributed by atoms with Crippen LogP contribution in [0, 0.1) is 6.92 Å². The van der Waals surface area contributed by atoms with Gasteiger partial charge in [-0.1, -0.05) is 6.07 Å². The van der Waals surface area contributed by atoms with Crippen LogP contribution in [0.25, 0.3) is 0 Å². The topological polar surface area (TPSA) is 51.2 Å². The molecule has 0 aliphatic rings. The van der Waals surface area contributed by atoms with Gasteiger partial charge >= 0.3 is 5.97 Å². The molecule has 0 aliphatic carbocycles. The summed E-state index contributed by atoms with van der Waals surface area (Å²) in [6.45, 7) is 5.03. The summed E-state index contributed by atoms with van der Waals surface area (Å²) in [6.07, 6.45) is 1.80. The number of aromatic nitrogens is 1. The molecule has 4 heteroatoms. The van der Waals surface area contributed by atoms with Crippen LogP contribution in [0.3, 0.4) is 0 Å². The Morgan fingerprint density at radius 3 is 2.93 bits per heavy atom.